The van der Waals surface area contributed by atoms with Gasteiger partial charge in [-0.15, -0.1) is 0 Å². The number of nitrogens with two attached hydrogens (primary N) is 3. The molecule has 2 rings (SSSR count). The molecule has 0 saturated heterocycles. The van der Waals surface area contributed by atoms with E-state index in [0.29, 0.717) is 27.1 Å². The standard InChI is InChI=1S/C8H11ClN2.C6H7ClN2/c1-11(2)8-4-3-6(9)5-7(8)10;7-4-2-1-3-5(8)6(4)9/h3-5H,10H2,1-2H3;1-3H,8-9H2. The van der Waals surface area contributed by atoms with Crippen molar-refractivity contribution in [2.75, 3.05) is 36.2 Å². The molecule has 0 amide bonds. The maximum Gasteiger partial charge on any atom is 0.0737 e. The van der Waals surface area contributed by atoms with Crippen LogP contribution in [-0.2, 0) is 0 Å². The van der Waals surface area contributed by atoms with Crippen LogP contribution in [0, 0.1) is 0 Å². The van der Waals surface area contributed by atoms with Gasteiger partial charge in [0.15, 0.2) is 0 Å². The number of hydrogen-bond donors (Lipinski definition) is 3. The molecule has 6 heteroatoms. The highest BCUT2D eigenvalue weighted by atomic mass is 35.5. The summed E-state index contributed by atoms with van der Waals surface area (Å²) in [5.74, 6) is 0. The second kappa shape index (κ2) is 7.12. The summed E-state index contributed by atoms with van der Waals surface area (Å²) in [6.07, 6.45) is 0. The highest BCUT2D eigenvalue weighted by Crippen LogP contribution is 2.24. The van der Waals surface area contributed by atoms with Gasteiger partial charge in [0, 0.05) is 19.1 Å². The van der Waals surface area contributed by atoms with Crippen molar-refractivity contribution in [1.82, 2.24) is 0 Å². The molecule has 2 aromatic carbocycles. The summed E-state index contributed by atoms with van der Waals surface area (Å²) in [7, 11) is 3.89. The summed E-state index contributed by atoms with van der Waals surface area (Å²) in [5.41, 5.74) is 19.2. The maximum absolute atomic E-state index is 5.72. The van der Waals surface area contributed by atoms with Gasteiger partial charge in [0.05, 0.1) is 27.8 Å². The zero-order valence-electron chi connectivity index (χ0n) is 11.4. The fourth-order valence-corrected chi connectivity index (χ4v) is 1.85. The largest absolute Gasteiger partial charge is 0.397 e. The summed E-state index contributed by atoms with van der Waals surface area (Å²) >= 11 is 11.3. The minimum atomic E-state index is 0.458. The van der Waals surface area contributed by atoms with Gasteiger partial charge in [0.25, 0.3) is 0 Å². The number of para-hydroxylation sites is 1. The molecule has 6 N–H and O–H groups in total. The number of nitrogen functional groups attached to an aromatic ring is 3. The minimum absolute atomic E-state index is 0.458. The molecule has 0 spiro atoms. The van der Waals surface area contributed by atoms with Crippen molar-refractivity contribution in [3.63, 3.8) is 0 Å². The molecule has 0 fully saturated rings. The average Bonchev–Trinajstić information content (AvgIpc) is 2.36. The number of hydrogen-bond acceptors (Lipinski definition) is 4. The van der Waals surface area contributed by atoms with Crippen LogP contribution in [0.3, 0.4) is 0 Å². The normalized spacial score (nSPS) is 9.60. The van der Waals surface area contributed by atoms with E-state index >= 15 is 0 Å². The van der Waals surface area contributed by atoms with E-state index in [0.717, 1.165) is 5.69 Å². The highest BCUT2D eigenvalue weighted by Gasteiger charge is 2.00. The highest BCUT2D eigenvalue weighted by molar-refractivity contribution is 6.33. The summed E-state index contributed by atoms with van der Waals surface area (Å²) < 4.78 is 0. The Morgan fingerprint density at radius 2 is 1.55 bits per heavy atom. The van der Waals surface area contributed by atoms with Crippen molar-refractivity contribution >= 4 is 46.0 Å². The third kappa shape index (κ3) is 4.40. The lowest BCUT2D eigenvalue weighted by atomic mass is 10.2. The van der Waals surface area contributed by atoms with E-state index < -0.39 is 0 Å². The van der Waals surface area contributed by atoms with Gasteiger partial charge in [-0.1, -0.05) is 29.3 Å². The molecule has 0 aliphatic carbocycles. The van der Waals surface area contributed by atoms with Gasteiger partial charge in [-0.05, 0) is 30.3 Å². The van der Waals surface area contributed by atoms with E-state index in [2.05, 4.69) is 0 Å². The Hall–Kier alpha value is -1.78. The van der Waals surface area contributed by atoms with Crippen molar-refractivity contribution in [3.05, 3.63) is 46.4 Å². The molecule has 0 radical (unpaired) electrons. The molecule has 0 bridgehead atoms. The summed E-state index contributed by atoms with van der Waals surface area (Å²) in [5, 5.41) is 1.18. The Bertz CT molecular complexity index is 565. The first kappa shape index (κ1) is 16.3. The van der Waals surface area contributed by atoms with Crippen molar-refractivity contribution in [3.8, 4) is 0 Å². The molecule has 0 aromatic heterocycles. The lowest BCUT2D eigenvalue weighted by molar-refractivity contribution is 1.13. The molecule has 0 aliphatic heterocycles. The third-order valence-corrected chi connectivity index (χ3v) is 3.12. The van der Waals surface area contributed by atoms with Crippen LogP contribution in [0.1, 0.15) is 0 Å². The van der Waals surface area contributed by atoms with Crippen molar-refractivity contribution in [2.45, 2.75) is 0 Å². The number of halogens is 2. The number of anilines is 4. The molecule has 0 heterocycles. The summed E-state index contributed by atoms with van der Waals surface area (Å²) in [4.78, 5) is 1.95. The van der Waals surface area contributed by atoms with E-state index in [4.69, 9.17) is 40.4 Å². The predicted octanol–water partition coefficient (Wildman–Crippen LogP) is 3.49. The monoisotopic (exact) mass is 312 g/mol. The van der Waals surface area contributed by atoms with E-state index in [-0.39, 0.29) is 0 Å². The van der Waals surface area contributed by atoms with E-state index in [9.17, 15) is 0 Å². The van der Waals surface area contributed by atoms with E-state index in [1.54, 1.807) is 24.3 Å². The average molecular weight is 313 g/mol. The molecule has 0 saturated carbocycles. The Morgan fingerprint density at radius 3 is 2.00 bits per heavy atom. The first-order chi connectivity index (χ1) is 9.32. The third-order valence-electron chi connectivity index (χ3n) is 2.56. The molecule has 0 unspecified atom stereocenters. The zero-order valence-corrected chi connectivity index (χ0v) is 12.9. The fourth-order valence-electron chi connectivity index (χ4n) is 1.49. The fraction of sp³-hybridized carbons (Fsp3) is 0.143. The van der Waals surface area contributed by atoms with Crippen LogP contribution in [0.5, 0.6) is 0 Å². The molecule has 2 aromatic rings. The van der Waals surface area contributed by atoms with E-state index in [1.165, 1.54) is 0 Å². The lowest BCUT2D eigenvalue weighted by Gasteiger charge is -2.14. The van der Waals surface area contributed by atoms with Gasteiger partial charge in [-0.25, -0.2) is 0 Å². The molecule has 4 nitrogen and oxygen atoms in total. The van der Waals surface area contributed by atoms with Crippen LogP contribution in [0.25, 0.3) is 0 Å². The quantitative estimate of drug-likeness (QED) is 0.704. The smallest absolute Gasteiger partial charge is 0.0737 e. The second-order valence-corrected chi connectivity index (χ2v) is 5.18. The first-order valence-corrected chi connectivity index (χ1v) is 6.60. The van der Waals surface area contributed by atoms with Gasteiger partial charge >= 0.3 is 0 Å². The summed E-state index contributed by atoms with van der Waals surface area (Å²) in [6.45, 7) is 0. The van der Waals surface area contributed by atoms with Crippen LogP contribution in [0.4, 0.5) is 22.7 Å². The van der Waals surface area contributed by atoms with Crippen molar-refractivity contribution in [1.29, 1.82) is 0 Å². The molecular weight excluding hydrogens is 295 g/mol. The van der Waals surface area contributed by atoms with Gasteiger partial charge in [0.1, 0.15) is 0 Å². The summed E-state index contributed by atoms with van der Waals surface area (Å²) in [6, 6.07) is 10.6. The Kier molecular flexibility index (Phi) is 5.80. The number of benzene rings is 2. The van der Waals surface area contributed by atoms with Gasteiger partial charge in [0.2, 0.25) is 0 Å². The topological polar surface area (TPSA) is 81.3 Å². The van der Waals surface area contributed by atoms with E-state index in [1.807, 2.05) is 31.1 Å². The van der Waals surface area contributed by atoms with Crippen LogP contribution < -0.4 is 22.1 Å². The molecule has 108 valence electrons. The van der Waals surface area contributed by atoms with Crippen LogP contribution in [0.2, 0.25) is 10.0 Å². The van der Waals surface area contributed by atoms with Crippen molar-refractivity contribution in [2.24, 2.45) is 0 Å². The lowest BCUT2D eigenvalue weighted by Crippen LogP contribution is -2.10. The molecule has 0 aliphatic rings. The Labute approximate surface area is 129 Å². The Balaban J connectivity index is 0.000000204. The molecular formula is C14H18Cl2N4. The van der Waals surface area contributed by atoms with Gasteiger partial charge in [-0.2, -0.15) is 0 Å². The van der Waals surface area contributed by atoms with Crippen LogP contribution in [0.15, 0.2) is 36.4 Å². The zero-order chi connectivity index (χ0) is 15.3. The predicted molar refractivity (Wildman–Crippen MR) is 90.5 cm³/mol. The minimum Gasteiger partial charge on any atom is -0.397 e. The second-order valence-electron chi connectivity index (χ2n) is 4.34. The van der Waals surface area contributed by atoms with Gasteiger partial charge in [-0.3, -0.25) is 0 Å². The first-order valence-electron chi connectivity index (χ1n) is 5.84. The maximum atomic E-state index is 5.72. The number of rotatable bonds is 1. The molecule has 20 heavy (non-hydrogen) atoms. The Morgan fingerprint density at radius 1 is 0.900 bits per heavy atom. The van der Waals surface area contributed by atoms with Crippen LogP contribution >= 0.6 is 23.2 Å². The van der Waals surface area contributed by atoms with Crippen molar-refractivity contribution < 1.29 is 0 Å². The van der Waals surface area contributed by atoms with Crippen LogP contribution in [-0.4, -0.2) is 14.1 Å². The SMILES string of the molecule is CN(C)c1ccc(Cl)cc1N.Nc1cccc(Cl)c1N. The molecule has 0 atom stereocenters. The number of nitrogens with zero attached hydrogens (tertiary/aromatic N) is 1. The van der Waals surface area contributed by atoms with Gasteiger partial charge < -0.3 is 22.1 Å².